The van der Waals surface area contributed by atoms with E-state index in [1.807, 2.05) is 14.1 Å². The Labute approximate surface area is 177 Å². The first-order chi connectivity index (χ1) is 13.6. The average molecular weight is 448 g/mol. The van der Waals surface area contributed by atoms with Crippen molar-refractivity contribution >= 4 is 40.7 Å². The molecule has 2 N–H and O–H groups in total. The van der Waals surface area contributed by atoms with E-state index in [1.165, 1.54) is 0 Å². The molecule has 29 heavy (non-hydrogen) atoms. The van der Waals surface area contributed by atoms with Gasteiger partial charge in [-0.05, 0) is 58.0 Å². The third-order valence-electron chi connectivity index (χ3n) is 5.04. The summed E-state index contributed by atoms with van der Waals surface area (Å²) in [5, 5.41) is 6.55. The zero-order valence-electron chi connectivity index (χ0n) is 16.0. The second-order valence-electron chi connectivity index (χ2n) is 7.32. The molecule has 158 valence electrons. The van der Waals surface area contributed by atoms with Crippen molar-refractivity contribution in [2.45, 2.75) is 43.9 Å². The lowest BCUT2D eigenvalue weighted by Gasteiger charge is -2.33. The van der Waals surface area contributed by atoms with Crippen molar-refractivity contribution < 1.29 is 13.2 Å². The largest absolute Gasteiger partial charge is 0.421 e. The normalized spacial score (nSPS) is 20.0. The summed E-state index contributed by atoms with van der Waals surface area (Å²) in [5.74, 6) is -0.177. The van der Waals surface area contributed by atoms with E-state index in [9.17, 15) is 13.2 Å². The Morgan fingerprint density at radius 2 is 1.76 bits per heavy atom. The van der Waals surface area contributed by atoms with Gasteiger partial charge in [-0.2, -0.15) is 18.2 Å². The Morgan fingerprint density at radius 3 is 2.34 bits per heavy atom. The van der Waals surface area contributed by atoms with Crippen LogP contribution in [-0.4, -0.2) is 41.0 Å². The van der Waals surface area contributed by atoms with Gasteiger partial charge in [-0.25, -0.2) is 4.98 Å². The number of alkyl halides is 3. The van der Waals surface area contributed by atoms with Crippen LogP contribution in [0.3, 0.4) is 0 Å². The number of hydrogen-bond acceptors (Lipinski definition) is 5. The van der Waals surface area contributed by atoms with Crippen molar-refractivity contribution in [2.75, 3.05) is 24.7 Å². The predicted molar refractivity (Wildman–Crippen MR) is 110 cm³/mol. The predicted octanol–water partition coefficient (Wildman–Crippen LogP) is 5.83. The highest BCUT2D eigenvalue weighted by Crippen LogP contribution is 2.36. The molecule has 2 aromatic rings. The van der Waals surface area contributed by atoms with Crippen molar-refractivity contribution in [1.29, 1.82) is 0 Å². The molecule has 5 nitrogen and oxygen atoms in total. The zero-order chi connectivity index (χ0) is 21.2. The summed E-state index contributed by atoms with van der Waals surface area (Å²) in [4.78, 5) is 10.1. The number of nitrogens with zero attached hydrogens (tertiary/aromatic N) is 3. The molecule has 0 aliphatic heterocycles. The van der Waals surface area contributed by atoms with Crippen molar-refractivity contribution in [3.8, 4) is 0 Å². The Bertz CT molecular complexity index is 852. The highest BCUT2D eigenvalue weighted by molar-refractivity contribution is 6.42. The number of anilines is 3. The van der Waals surface area contributed by atoms with Crippen LogP contribution in [0.2, 0.25) is 10.0 Å². The summed E-state index contributed by atoms with van der Waals surface area (Å²) in [6.07, 6.45) is -0.359. The van der Waals surface area contributed by atoms with E-state index >= 15 is 0 Å². The maximum Gasteiger partial charge on any atom is 0.421 e. The summed E-state index contributed by atoms with van der Waals surface area (Å²) >= 11 is 11.9. The van der Waals surface area contributed by atoms with Gasteiger partial charge >= 0.3 is 6.18 Å². The summed E-state index contributed by atoms with van der Waals surface area (Å²) < 4.78 is 40.3. The highest BCUT2D eigenvalue weighted by Gasteiger charge is 2.36. The summed E-state index contributed by atoms with van der Waals surface area (Å²) in [5.41, 5.74) is -0.358. The highest BCUT2D eigenvalue weighted by atomic mass is 35.5. The van der Waals surface area contributed by atoms with Crippen LogP contribution in [0.5, 0.6) is 0 Å². The lowest BCUT2D eigenvalue weighted by atomic mass is 9.90. The molecule has 1 aliphatic carbocycles. The van der Waals surface area contributed by atoms with Gasteiger partial charge in [0.05, 0.1) is 10.0 Å². The minimum atomic E-state index is -4.55. The number of rotatable bonds is 5. The van der Waals surface area contributed by atoms with E-state index < -0.39 is 11.7 Å². The standard InChI is InChI=1S/C19H22Cl2F3N5/c1-29(2)13-6-3-11(4-7-13)26-17-14(19(22,23)24)10-25-18(28-17)27-12-5-8-15(20)16(21)9-12/h5,8-11,13H,3-4,6-7H2,1-2H3,(H2,25,26,27,28). The lowest BCUT2D eigenvalue weighted by Crippen LogP contribution is -2.36. The summed E-state index contributed by atoms with van der Waals surface area (Å²) in [6.45, 7) is 0. The molecule has 0 atom stereocenters. The SMILES string of the molecule is CN(C)C1CCC(Nc2nc(Nc3ccc(Cl)c(Cl)c3)ncc2C(F)(F)F)CC1. The van der Waals surface area contributed by atoms with Crippen LogP contribution in [0.15, 0.2) is 24.4 Å². The van der Waals surface area contributed by atoms with Crippen molar-refractivity contribution in [1.82, 2.24) is 14.9 Å². The number of benzene rings is 1. The minimum absolute atomic E-state index is 0.0425. The number of hydrogen-bond donors (Lipinski definition) is 2. The first-order valence-electron chi connectivity index (χ1n) is 9.22. The minimum Gasteiger partial charge on any atom is -0.367 e. The van der Waals surface area contributed by atoms with Crippen LogP contribution < -0.4 is 10.6 Å². The van der Waals surface area contributed by atoms with E-state index in [2.05, 4.69) is 25.5 Å². The third-order valence-corrected chi connectivity index (χ3v) is 5.78. The molecule has 1 saturated carbocycles. The lowest BCUT2D eigenvalue weighted by molar-refractivity contribution is -0.137. The first-order valence-corrected chi connectivity index (χ1v) is 9.98. The first kappa shape index (κ1) is 21.9. The van der Waals surface area contributed by atoms with Crippen LogP contribution in [0.25, 0.3) is 0 Å². The molecule has 1 aliphatic rings. The van der Waals surface area contributed by atoms with Gasteiger partial charge in [0.15, 0.2) is 0 Å². The Balaban J connectivity index is 1.80. The van der Waals surface area contributed by atoms with Crippen LogP contribution in [0.1, 0.15) is 31.2 Å². The second kappa shape index (κ2) is 8.93. The molecule has 0 saturated heterocycles. The van der Waals surface area contributed by atoms with Gasteiger partial charge in [0.25, 0.3) is 0 Å². The van der Waals surface area contributed by atoms with Gasteiger partial charge in [-0.15, -0.1) is 0 Å². The third kappa shape index (κ3) is 5.65. The van der Waals surface area contributed by atoms with Crippen LogP contribution >= 0.6 is 23.2 Å². The fourth-order valence-electron chi connectivity index (χ4n) is 3.39. The molecule has 1 heterocycles. The molecular weight excluding hydrogens is 426 g/mol. The Morgan fingerprint density at radius 1 is 1.07 bits per heavy atom. The van der Waals surface area contributed by atoms with Gasteiger partial charge < -0.3 is 15.5 Å². The van der Waals surface area contributed by atoms with E-state index in [0.29, 0.717) is 21.8 Å². The molecule has 0 amide bonds. The molecule has 1 aromatic carbocycles. The van der Waals surface area contributed by atoms with E-state index in [4.69, 9.17) is 23.2 Å². The van der Waals surface area contributed by atoms with E-state index in [-0.39, 0.29) is 17.8 Å². The Kier molecular flexibility index (Phi) is 6.76. The van der Waals surface area contributed by atoms with Gasteiger partial charge in [-0.3, -0.25) is 0 Å². The molecule has 10 heteroatoms. The quantitative estimate of drug-likeness (QED) is 0.603. The molecule has 3 rings (SSSR count). The average Bonchev–Trinajstić information content (AvgIpc) is 2.64. The number of nitrogens with one attached hydrogen (secondary N) is 2. The summed E-state index contributed by atoms with van der Waals surface area (Å²) in [6, 6.07) is 5.16. The van der Waals surface area contributed by atoms with Gasteiger partial charge in [-0.1, -0.05) is 23.2 Å². The maximum atomic E-state index is 13.4. The smallest absolute Gasteiger partial charge is 0.367 e. The molecule has 0 unspecified atom stereocenters. The zero-order valence-corrected chi connectivity index (χ0v) is 17.5. The van der Waals surface area contributed by atoms with E-state index in [1.54, 1.807) is 18.2 Å². The summed E-state index contributed by atoms with van der Waals surface area (Å²) in [7, 11) is 4.04. The topological polar surface area (TPSA) is 53.1 Å². The Hall–Kier alpha value is -1.77. The monoisotopic (exact) mass is 447 g/mol. The molecular formula is C19H22Cl2F3N5. The van der Waals surface area contributed by atoms with Crippen LogP contribution in [0.4, 0.5) is 30.6 Å². The second-order valence-corrected chi connectivity index (χ2v) is 8.14. The number of halogens is 5. The fraction of sp³-hybridized carbons (Fsp3) is 0.474. The molecule has 1 aromatic heterocycles. The van der Waals surface area contributed by atoms with Gasteiger partial charge in [0.2, 0.25) is 5.95 Å². The van der Waals surface area contributed by atoms with Crippen molar-refractivity contribution in [3.63, 3.8) is 0 Å². The molecule has 0 radical (unpaired) electrons. The van der Waals surface area contributed by atoms with Gasteiger partial charge in [0, 0.05) is 24.0 Å². The maximum absolute atomic E-state index is 13.4. The number of aromatic nitrogens is 2. The van der Waals surface area contributed by atoms with Crippen LogP contribution in [0, 0.1) is 0 Å². The van der Waals surface area contributed by atoms with Crippen molar-refractivity contribution in [2.24, 2.45) is 0 Å². The van der Waals surface area contributed by atoms with Crippen LogP contribution in [-0.2, 0) is 6.18 Å². The van der Waals surface area contributed by atoms with Crippen molar-refractivity contribution in [3.05, 3.63) is 40.0 Å². The molecule has 0 bridgehead atoms. The van der Waals surface area contributed by atoms with Gasteiger partial charge in [0.1, 0.15) is 11.4 Å². The van der Waals surface area contributed by atoms with E-state index in [0.717, 1.165) is 31.9 Å². The molecule has 1 fully saturated rings. The fourth-order valence-corrected chi connectivity index (χ4v) is 3.69. The molecule has 0 spiro atoms.